The van der Waals surface area contributed by atoms with Crippen molar-refractivity contribution in [1.82, 2.24) is 4.98 Å². The summed E-state index contributed by atoms with van der Waals surface area (Å²) < 4.78 is 28.7. The van der Waals surface area contributed by atoms with Gasteiger partial charge in [0.05, 0.1) is 7.11 Å². The Balaban J connectivity index is 2.55. The second-order valence-electron chi connectivity index (χ2n) is 5.25. The number of aromatic nitrogens is 1. The van der Waals surface area contributed by atoms with Crippen LogP contribution in [0.1, 0.15) is 26.2 Å². The molecule has 1 aliphatic carbocycles. The van der Waals surface area contributed by atoms with Crippen LogP contribution in [0.3, 0.4) is 0 Å². The standard InChI is InChI=1S/C14H17NO5S/c1-14(13(17)20-2,10-6-7-11(16)9-10)21(18,19)12-5-3-4-8-15-12/h3-5,8,10H,6-7,9H2,1-2H3. The first-order chi connectivity index (χ1) is 9.84. The van der Waals surface area contributed by atoms with E-state index in [1.807, 2.05) is 0 Å². The lowest BCUT2D eigenvalue weighted by Crippen LogP contribution is -2.50. The SMILES string of the molecule is COC(=O)C(C)(C1CCC(=O)C1)S(=O)(=O)c1ccccn1. The normalized spacial score (nSPS) is 21.8. The Kier molecular flexibility index (Phi) is 4.13. The van der Waals surface area contributed by atoms with Crippen LogP contribution in [0.25, 0.3) is 0 Å². The van der Waals surface area contributed by atoms with E-state index in [1.165, 1.54) is 25.3 Å². The molecule has 2 atom stereocenters. The molecular weight excluding hydrogens is 294 g/mol. The molecule has 1 heterocycles. The number of sulfone groups is 1. The van der Waals surface area contributed by atoms with Gasteiger partial charge in [-0.25, -0.2) is 13.4 Å². The van der Waals surface area contributed by atoms with Crippen LogP contribution in [-0.4, -0.2) is 37.0 Å². The molecule has 0 bridgehead atoms. The molecule has 1 saturated carbocycles. The number of carbonyl (C=O) groups is 2. The van der Waals surface area contributed by atoms with E-state index >= 15 is 0 Å². The Morgan fingerprint density at radius 2 is 2.14 bits per heavy atom. The van der Waals surface area contributed by atoms with E-state index < -0.39 is 26.5 Å². The maximum Gasteiger partial charge on any atom is 0.327 e. The maximum atomic E-state index is 12.9. The Hall–Kier alpha value is -1.76. The minimum Gasteiger partial charge on any atom is -0.468 e. The largest absolute Gasteiger partial charge is 0.468 e. The Morgan fingerprint density at radius 1 is 1.43 bits per heavy atom. The van der Waals surface area contributed by atoms with Crippen LogP contribution in [0.5, 0.6) is 0 Å². The van der Waals surface area contributed by atoms with E-state index in [4.69, 9.17) is 4.74 Å². The van der Waals surface area contributed by atoms with Crippen molar-refractivity contribution in [2.45, 2.75) is 36.0 Å². The van der Waals surface area contributed by atoms with Crippen molar-refractivity contribution >= 4 is 21.6 Å². The van der Waals surface area contributed by atoms with Crippen LogP contribution in [0.4, 0.5) is 0 Å². The molecular formula is C14H17NO5S. The van der Waals surface area contributed by atoms with Gasteiger partial charge in [-0.2, -0.15) is 0 Å². The van der Waals surface area contributed by atoms with Gasteiger partial charge in [-0.1, -0.05) is 6.07 Å². The maximum absolute atomic E-state index is 12.9. The number of Topliss-reactive ketones (excluding diaryl/α,β-unsaturated/α-hetero) is 1. The highest BCUT2D eigenvalue weighted by molar-refractivity contribution is 7.93. The second kappa shape index (κ2) is 5.55. The molecule has 1 fully saturated rings. The van der Waals surface area contributed by atoms with Crippen molar-refractivity contribution in [1.29, 1.82) is 0 Å². The molecule has 0 aliphatic heterocycles. The lowest BCUT2D eigenvalue weighted by Gasteiger charge is -2.31. The zero-order chi connectivity index (χ0) is 15.7. The monoisotopic (exact) mass is 311 g/mol. The predicted octanol–water partition coefficient (Wildman–Crippen LogP) is 1.16. The lowest BCUT2D eigenvalue weighted by molar-refractivity contribution is -0.144. The van der Waals surface area contributed by atoms with Crippen molar-refractivity contribution in [3.05, 3.63) is 24.4 Å². The van der Waals surface area contributed by atoms with Gasteiger partial charge in [0, 0.05) is 19.0 Å². The Morgan fingerprint density at radius 3 is 2.62 bits per heavy atom. The number of ketones is 1. The third kappa shape index (κ3) is 2.46. The summed E-state index contributed by atoms with van der Waals surface area (Å²) in [6.07, 6.45) is 2.06. The highest BCUT2D eigenvalue weighted by Gasteiger charge is 2.56. The number of methoxy groups -OCH3 is 1. The third-order valence-electron chi connectivity index (χ3n) is 4.09. The molecule has 0 amide bonds. The average Bonchev–Trinajstić information content (AvgIpc) is 2.93. The van der Waals surface area contributed by atoms with Crippen molar-refractivity contribution < 1.29 is 22.7 Å². The summed E-state index contributed by atoms with van der Waals surface area (Å²) in [5, 5.41) is -0.183. The topological polar surface area (TPSA) is 90.4 Å². The first-order valence-electron chi connectivity index (χ1n) is 6.59. The van der Waals surface area contributed by atoms with Crippen molar-refractivity contribution in [2.75, 3.05) is 7.11 Å². The molecule has 0 saturated heterocycles. The number of nitrogens with zero attached hydrogens (tertiary/aromatic N) is 1. The summed E-state index contributed by atoms with van der Waals surface area (Å²) in [6.45, 7) is 1.33. The summed E-state index contributed by atoms with van der Waals surface area (Å²) in [5.41, 5.74) is 0. The van der Waals surface area contributed by atoms with Crippen LogP contribution >= 0.6 is 0 Å². The molecule has 1 aromatic heterocycles. The molecule has 1 aliphatic rings. The summed E-state index contributed by atoms with van der Waals surface area (Å²) >= 11 is 0. The average molecular weight is 311 g/mol. The lowest BCUT2D eigenvalue weighted by atomic mass is 9.91. The van der Waals surface area contributed by atoms with E-state index in [0.717, 1.165) is 7.11 Å². The molecule has 2 rings (SSSR count). The van der Waals surface area contributed by atoms with Crippen LogP contribution in [0.15, 0.2) is 29.4 Å². The van der Waals surface area contributed by atoms with Crippen LogP contribution in [-0.2, 0) is 24.2 Å². The van der Waals surface area contributed by atoms with Gasteiger partial charge in [0.2, 0.25) is 9.84 Å². The Labute approximate surface area is 123 Å². The van der Waals surface area contributed by atoms with E-state index in [1.54, 1.807) is 6.07 Å². The zero-order valence-corrected chi connectivity index (χ0v) is 12.7. The van der Waals surface area contributed by atoms with Crippen molar-refractivity contribution in [3.8, 4) is 0 Å². The minimum atomic E-state index is -4.06. The summed E-state index contributed by atoms with van der Waals surface area (Å²) in [6, 6.07) is 4.47. The minimum absolute atomic E-state index is 0.0358. The fraction of sp³-hybridized carbons (Fsp3) is 0.500. The van der Waals surface area contributed by atoms with Gasteiger partial charge < -0.3 is 4.74 Å². The van der Waals surface area contributed by atoms with Gasteiger partial charge in [0.15, 0.2) is 9.77 Å². The number of hydrogen-bond donors (Lipinski definition) is 0. The molecule has 0 spiro atoms. The molecule has 7 heteroatoms. The number of hydrogen-bond acceptors (Lipinski definition) is 6. The highest BCUT2D eigenvalue weighted by Crippen LogP contribution is 2.40. The number of carbonyl (C=O) groups excluding carboxylic acids is 2. The number of ether oxygens (including phenoxy) is 1. The van der Waals surface area contributed by atoms with Gasteiger partial charge >= 0.3 is 5.97 Å². The molecule has 2 unspecified atom stereocenters. The first kappa shape index (κ1) is 15.6. The van der Waals surface area contributed by atoms with Gasteiger partial charge in [-0.3, -0.25) is 9.59 Å². The van der Waals surface area contributed by atoms with E-state index in [2.05, 4.69) is 4.98 Å². The summed E-state index contributed by atoms with van der Waals surface area (Å²) in [5.74, 6) is -1.48. The van der Waals surface area contributed by atoms with Crippen LogP contribution in [0.2, 0.25) is 0 Å². The number of esters is 1. The fourth-order valence-electron chi connectivity index (χ4n) is 2.71. The fourth-order valence-corrected chi connectivity index (χ4v) is 4.54. The third-order valence-corrected chi connectivity index (χ3v) is 6.50. The number of pyridine rings is 1. The van der Waals surface area contributed by atoms with Crippen LogP contribution < -0.4 is 0 Å². The summed E-state index contributed by atoms with van der Waals surface area (Å²) in [4.78, 5) is 27.6. The van der Waals surface area contributed by atoms with Crippen LogP contribution in [0, 0.1) is 5.92 Å². The summed E-state index contributed by atoms with van der Waals surface area (Å²) in [7, 11) is -2.91. The molecule has 21 heavy (non-hydrogen) atoms. The number of rotatable bonds is 4. The zero-order valence-electron chi connectivity index (χ0n) is 11.9. The molecule has 1 aromatic rings. The van der Waals surface area contributed by atoms with Gasteiger partial charge in [-0.05, 0) is 31.4 Å². The van der Waals surface area contributed by atoms with Crippen molar-refractivity contribution in [2.24, 2.45) is 5.92 Å². The first-order valence-corrected chi connectivity index (χ1v) is 8.08. The Bertz CT molecular complexity index is 655. The quantitative estimate of drug-likeness (QED) is 0.775. The predicted molar refractivity (Wildman–Crippen MR) is 74.2 cm³/mol. The van der Waals surface area contributed by atoms with Gasteiger partial charge in [0.1, 0.15) is 5.78 Å². The smallest absolute Gasteiger partial charge is 0.327 e. The second-order valence-corrected chi connectivity index (χ2v) is 7.52. The molecule has 0 N–H and O–H groups in total. The molecule has 6 nitrogen and oxygen atoms in total. The van der Waals surface area contributed by atoms with E-state index in [0.29, 0.717) is 6.42 Å². The van der Waals surface area contributed by atoms with Gasteiger partial charge in [0.25, 0.3) is 0 Å². The highest BCUT2D eigenvalue weighted by atomic mass is 32.2. The van der Waals surface area contributed by atoms with Gasteiger partial charge in [-0.15, -0.1) is 0 Å². The molecule has 0 aromatic carbocycles. The molecule has 114 valence electrons. The van der Waals surface area contributed by atoms with Crippen molar-refractivity contribution in [3.63, 3.8) is 0 Å². The molecule has 0 radical (unpaired) electrons. The van der Waals surface area contributed by atoms with E-state index in [9.17, 15) is 18.0 Å². The van der Waals surface area contributed by atoms with E-state index in [-0.39, 0.29) is 23.7 Å².